The summed E-state index contributed by atoms with van der Waals surface area (Å²) in [5.74, 6) is -1.72. The molecule has 0 fully saturated rings. The molecule has 0 saturated carbocycles. The van der Waals surface area contributed by atoms with Gasteiger partial charge >= 0.3 is 5.97 Å². The van der Waals surface area contributed by atoms with Crippen molar-refractivity contribution >= 4 is 11.9 Å². The molecule has 1 amide bonds. The van der Waals surface area contributed by atoms with E-state index in [0.29, 0.717) is 0 Å². The number of nitrogens with one attached hydrogen (secondary N) is 1. The Balaban J connectivity index is 2.71. The van der Waals surface area contributed by atoms with E-state index in [4.69, 9.17) is 4.74 Å². The largest absolute Gasteiger partial charge is 0.466 e. The van der Waals surface area contributed by atoms with Gasteiger partial charge in [0.25, 0.3) is 5.91 Å². The third-order valence-electron chi connectivity index (χ3n) is 2.02. The molecule has 0 aliphatic carbocycles. The molecule has 6 heteroatoms. The maximum atomic E-state index is 12.6. The molecule has 1 unspecified atom stereocenters. The standard InChI is InChI=1S/C11H12FNO4/c1-16-10(11(15)17-2)13-9(14)7-3-5-8(12)6-4-7/h3-6,10H,1-2H3,(H,13,14). The van der Waals surface area contributed by atoms with Crippen LogP contribution in [0.25, 0.3) is 0 Å². The number of esters is 1. The Morgan fingerprint density at radius 3 is 2.29 bits per heavy atom. The van der Waals surface area contributed by atoms with E-state index in [0.717, 1.165) is 12.1 Å². The van der Waals surface area contributed by atoms with Crippen molar-refractivity contribution in [1.29, 1.82) is 0 Å². The fourth-order valence-corrected chi connectivity index (χ4v) is 1.12. The van der Waals surface area contributed by atoms with Crippen LogP contribution < -0.4 is 5.32 Å². The highest BCUT2D eigenvalue weighted by Gasteiger charge is 2.21. The van der Waals surface area contributed by atoms with E-state index in [2.05, 4.69) is 10.1 Å². The number of benzene rings is 1. The number of rotatable bonds is 4. The Morgan fingerprint density at radius 2 is 1.82 bits per heavy atom. The number of halogens is 1. The summed E-state index contributed by atoms with van der Waals surface area (Å²) in [6.07, 6.45) is -1.18. The van der Waals surface area contributed by atoms with Crippen molar-refractivity contribution in [3.8, 4) is 0 Å². The Morgan fingerprint density at radius 1 is 1.24 bits per heavy atom. The van der Waals surface area contributed by atoms with Gasteiger partial charge in [0.1, 0.15) is 5.82 Å². The SMILES string of the molecule is COC(=O)C(NC(=O)c1ccc(F)cc1)OC. The number of carbonyl (C=O) groups excluding carboxylic acids is 2. The van der Waals surface area contributed by atoms with E-state index in [1.54, 1.807) is 0 Å². The van der Waals surface area contributed by atoms with Gasteiger partial charge in [0, 0.05) is 12.7 Å². The van der Waals surface area contributed by atoms with Gasteiger partial charge in [0.2, 0.25) is 6.23 Å². The Kier molecular flexibility index (Phi) is 4.59. The number of methoxy groups -OCH3 is 2. The number of ether oxygens (including phenoxy) is 2. The lowest BCUT2D eigenvalue weighted by atomic mass is 10.2. The van der Waals surface area contributed by atoms with Gasteiger partial charge in [-0.15, -0.1) is 0 Å². The van der Waals surface area contributed by atoms with E-state index in [9.17, 15) is 14.0 Å². The first-order valence-corrected chi connectivity index (χ1v) is 4.75. The average Bonchev–Trinajstić information content (AvgIpc) is 2.35. The van der Waals surface area contributed by atoms with Gasteiger partial charge in [-0.25, -0.2) is 9.18 Å². The highest BCUT2D eigenvalue weighted by Crippen LogP contribution is 2.03. The zero-order valence-corrected chi connectivity index (χ0v) is 9.40. The molecule has 0 aliphatic rings. The van der Waals surface area contributed by atoms with Crippen molar-refractivity contribution in [3.05, 3.63) is 35.6 Å². The summed E-state index contributed by atoms with van der Waals surface area (Å²) in [5.41, 5.74) is 0.220. The molecule has 0 bridgehead atoms. The van der Waals surface area contributed by atoms with Gasteiger partial charge in [-0.1, -0.05) is 0 Å². The van der Waals surface area contributed by atoms with Crippen LogP contribution in [0.15, 0.2) is 24.3 Å². The molecule has 0 aromatic heterocycles. The predicted octanol–water partition coefficient (Wildman–Crippen LogP) is 0.701. The summed E-state index contributed by atoms with van der Waals surface area (Å²) in [7, 11) is 2.44. The van der Waals surface area contributed by atoms with Crippen molar-refractivity contribution in [1.82, 2.24) is 5.32 Å². The lowest BCUT2D eigenvalue weighted by Crippen LogP contribution is -2.42. The molecular formula is C11H12FNO4. The van der Waals surface area contributed by atoms with Crippen LogP contribution in [0.2, 0.25) is 0 Å². The van der Waals surface area contributed by atoms with Gasteiger partial charge in [0.15, 0.2) is 0 Å². The average molecular weight is 241 g/mol. The summed E-state index contributed by atoms with van der Waals surface area (Å²) in [6.45, 7) is 0. The molecule has 1 rings (SSSR count). The highest BCUT2D eigenvalue weighted by molar-refractivity contribution is 5.96. The minimum atomic E-state index is -1.18. The third-order valence-corrected chi connectivity index (χ3v) is 2.02. The van der Waals surface area contributed by atoms with Gasteiger partial charge in [-0.3, -0.25) is 4.79 Å². The Labute approximate surface area is 97.5 Å². The molecule has 5 nitrogen and oxygen atoms in total. The second kappa shape index (κ2) is 5.95. The first-order valence-electron chi connectivity index (χ1n) is 4.75. The van der Waals surface area contributed by atoms with Crippen LogP contribution in [0.3, 0.4) is 0 Å². The van der Waals surface area contributed by atoms with Crippen molar-refractivity contribution in [2.24, 2.45) is 0 Å². The topological polar surface area (TPSA) is 64.6 Å². The monoisotopic (exact) mass is 241 g/mol. The van der Waals surface area contributed by atoms with Crippen LogP contribution in [-0.2, 0) is 14.3 Å². The minimum absolute atomic E-state index is 0.220. The summed E-state index contributed by atoms with van der Waals surface area (Å²) in [6, 6.07) is 4.90. The summed E-state index contributed by atoms with van der Waals surface area (Å²) in [4.78, 5) is 22.8. The van der Waals surface area contributed by atoms with Gasteiger partial charge in [-0.05, 0) is 24.3 Å². The lowest BCUT2D eigenvalue weighted by Gasteiger charge is -2.14. The molecular weight excluding hydrogens is 229 g/mol. The van der Waals surface area contributed by atoms with E-state index >= 15 is 0 Å². The fraction of sp³-hybridized carbons (Fsp3) is 0.273. The first kappa shape index (κ1) is 13.1. The Hall–Kier alpha value is -1.95. The molecule has 0 aliphatic heterocycles. The molecule has 92 valence electrons. The molecule has 1 N–H and O–H groups in total. The number of hydrogen-bond acceptors (Lipinski definition) is 4. The van der Waals surface area contributed by atoms with Crippen LogP contribution >= 0.6 is 0 Å². The molecule has 0 saturated heterocycles. The van der Waals surface area contributed by atoms with Crippen molar-refractivity contribution in [2.45, 2.75) is 6.23 Å². The van der Waals surface area contributed by atoms with Crippen LogP contribution in [0.5, 0.6) is 0 Å². The number of hydrogen-bond donors (Lipinski definition) is 1. The zero-order valence-electron chi connectivity index (χ0n) is 9.40. The predicted molar refractivity (Wildman–Crippen MR) is 56.7 cm³/mol. The van der Waals surface area contributed by atoms with Crippen LogP contribution in [-0.4, -0.2) is 32.3 Å². The van der Waals surface area contributed by atoms with Crippen molar-refractivity contribution in [2.75, 3.05) is 14.2 Å². The normalized spacial score (nSPS) is 11.7. The molecule has 0 spiro atoms. The smallest absolute Gasteiger partial charge is 0.356 e. The Bertz CT molecular complexity index is 404. The summed E-state index contributed by atoms with van der Waals surface area (Å²) >= 11 is 0. The van der Waals surface area contributed by atoms with E-state index in [-0.39, 0.29) is 5.56 Å². The second-order valence-electron chi connectivity index (χ2n) is 3.12. The molecule has 1 atom stereocenters. The quantitative estimate of drug-likeness (QED) is 0.622. The van der Waals surface area contributed by atoms with E-state index in [1.165, 1.54) is 26.4 Å². The second-order valence-corrected chi connectivity index (χ2v) is 3.12. The minimum Gasteiger partial charge on any atom is -0.466 e. The molecule has 0 radical (unpaired) electrons. The first-order chi connectivity index (χ1) is 8.08. The van der Waals surface area contributed by atoms with Gasteiger partial charge < -0.3 is 14.8 Å². The molecule has 0 heterocycles. The third kappa shape index (κ3) is 3.53. The summed E-state index contributed by atoms with van der Waals surface area (Å²) in [5, 5.41) is 2.29. The number of amides is 1. The lowest BCUT2D eigenvalue weighted by molar-refractivity contribution is -0.153. The van der Waals surface area contributed by atoms with Crippen LogP contribution in [0.4, 0.5) is 4.39 Å². The number of carbonyl (C=O) groups is 2. The maximum Gasteiger partial charge on any atom is 0.356 e. The molecule has 17 heavy (non-hydrogen) atoms. The fourth-order valence-electron chi connectivity index (χ4n) is 1.12. The summed E-state index contributed by atoms with van der Waals surface area (Å²) < 4.78 is 21.8. The van der Waals surface area contributed by atoms with Crippen LogP contribution in [0, 0.1) is 5.82 Å². The van der Waals surface area contributed by atoms with Crippen molar-refractivity contribution < 1.29 is 23.5 Å². The van der Waals surface area contributed by atoms with E-state index < -0.39 is 23.9 Å². The van der Waals surface area contributed by atoms with E-state index in [1.807, 2.05) is 0 Å². The zero-order chi connectivity index (χ0) is 12.8. The highest BCUT2D eigenvalue weighted by atomic mass is 19.1. The maximum absolute atomic E-state index is 12.6. The molecule has 1 aromatic carbocycles. The van der Waals surface area contributed by atoms with Gasteiger partial charge in [0.05, 0.1) is 7.11 Å². The van der Waals surface area contributed by atoms with Crippen molar-refractivity contribution in [3.63, 3.8) is 0 Å². The van der Waals surface area contributed by atoms with Crippen LogP contribution in [0.1, 0.15) is 10.4 Å². The van der Waals surface area contributed by atoms with Gasteiger partial charge in [-0.2, -0.15) is 0 Å². The molecule has 1 aromatic rings.